The number of esters is 3. The summed E-state index contributed by atoms with van der Waals surface area (Å²) in [7, 11) is 0. The van der Waals surface area contributed by atoms with Crippen LogP contribution in [-0.4, -0.2) is 62.3 Å². The molecule has 1 aliphatic rings. The van der Waals surface area contributed by atoms with E-state index >= 15 is 0 Å². The van der Waals surface area contributed by atoms with Crippen molar-refractivity contribution in [3.05, 3.63) is 15.3 Å². The summed E-state index contributed by atoms with van der Waals surface area (Å²) in [6.07, 6.45) is -2.50. The Labute approximate surface area is 183 Å². The molecule has 0 unspecified atom stereocenters. The van der Waals surface area contributed by atoms with Crippen molar-refractivity contribution in [2.24, 2.45) is 0 Å². The van der Waals surface area contributed by atoms with Crippen molar-refractivity contribution >= 4 is 63.3 Å². The third kappa shape index (κ3) is 4.75. The molecule has 29 heavy (non-hydrogen) atoms. The molecule has 11 nitrogen and oxygen atoms in total. The maximum absolute atomic E-state index is 11.7. The van der Waals surface area contributed by atoms with Gasteiger partial charge in [0.1, 0.15) is 18.2 Å². The van der Waals surface area contributed by atoms with E-state index in [1.165, 1.54) is 31.7 Å². The molecule has 0 N–H and O–H groups in total. The number of rotatable bonds is 5. The quantitative estimate of drug-likeness (QED) is 0.181. The van der Waals surface area contributed by atoms with Gasteiger partial charge in [-0.25, -0.2) is 15.0 Å². The fraction of sp³-hybridized carbons (Fsp3) is 0.500. The number of aromatic nitrogens is 4. The first-order valence-electron chi connectivity index (χ1n) is 8.36. The van der Waals surface area contributed by atoms with Gasteiger partial charge in [0.2, 0.25) is 0 Å². The van der Waals surface area contributed by atoms with Crippen LogP contribution in [0, 0.1) is 3.83 Å². The Balaban J connectivity index is 2.04. The van der Waals surface area contributed by atoms with E-state index in [4.69, 9.17) is 30.5 Å². The summed E-state index contributed by atoms with van der Waals surface area (Å²) in [4.78, 5) is 47.1. The van der Waals surface area contributed by atoms with Crippen LogP contribution in [0.3, 0.4) is 0 Å². The van der Waals surface area contributed by atoms with Crippen LogP contribution in [0.15, 0.2) is 6.33 Å². The lowest BCUT2D eigenvalue weighted by molar-refractivity contribution is -0.166. The van der Waals surface area contributed by atoms with E-state index in [9.17, 15) is 14.4 Å². The second-order valence-corrected chi connectivity index (χ2v) is 7.45. The molecule has 2 aromatic rings. The van der Waals surface area contributed by atoms with Crippen LogP contribution >= 0.6 is 34.2 Å². The SMILES string of the molecule is CC(=O)OC[C@H]1O[C@@H](n2cnc3c(Cl)nc(I)nc32)[C@H](OC(C)=O)[C@H]1OC(C)=O. The average Bonchev–Trinajstić information content (AvgIpc) is 3.15. The molecule has 1 fully saturated rings. The van der Waals surface area contributed by atoms with Gasteiger partial charge in [-0.05, 0) is 0 Å². The standard InChI is InChI=1S/C16H16ClIN4O7/c1-6(23)26-4-9-11(27-7(2)24)12(28-8(3)25)15(29-9)22-5-19-10-13(17)20-16(18)21-14(10)22/h5,9,11-12,15H,4H2,1-3H3/t9-,11+,12-,15-/m1/s1. The van der Waals surface area contributed by atoms with Crippen molar-refractivity contribution < 1.29 is 33.3 Å². The fourth-order valence-electron chi connectivity index (χ4n) is 2.96. The van der Waals surface area contributed by atoms with Crippen LogP contribution in [0.5, 0.6) is 0 Å². The normalized spacial score (nSPS) is 23.8. The van der Waals surface area contributed by atoms with Gasteiger partial charge in [0.15, 0.2) is 33.1 Å². The zero-order valence-corrected chi connectivity index (χ0v) is 18.4. The number of carbonyl (C=O) groups excluding carboxylic acids is 3. The van der Waals surface area contributed by atoms with Crippen molar-refractivity contribution in [3.8, 4) is 0 Å². The van der Waals surface area contributed by atoms with Crippen LogP contribution in [0.1, 0.15) is 27.0 Å². The molecular formula is C16H16ClIN4O7. The highest BCUT2D eigenvalue weighted by Gasteiger charge is 2.51. The third-order valence-corrected chi connectivity index (χ3v) is 4.71. The lowest BCUT2D eigenvalue weighted by Crippen LogP contribution is -2.40. The molecule has 3 rings (SSSR count). The Hall–Kier alpha value is -2.06. The first kappa shape index (κ1) is 21.6. The lowest BCUT2D eigenvalue weighted by Gasteiger charge is -2.23. The fourth-order valence-corrected chi connectivity index (χ4v) is 3.79. The summed E-state index contributed by atoms with van der Waals surface area (Å²) in [5.41, 5.74) is 0.663. The van der Waals surface area contributed by atoms with E-state index in [1.807, 2.05) is 22.6 Å². The van der Waals surface area contributed by atoms with Gasteiger partial charge in [0.05, 0.1) is 6.33 Å². The van der Waals surface area contributed by atoms with E-state index in [1.54, 1.807) is 0 Å². The number of carbonyl (C=O) groups is 3. The molecule has 1 saturated heterocycles. The molecule has 0 amide bonds. The van der Waals surface area contributed by atoms with Crippen LogP contribution in [0.25, 0.3) is 11.2 Å². The summed E-state index contributed by atoms with van der Waals surface area (Å²) in [5.74, 6) is -1.76. The highest BCUT2D eigenvalue weighted by molar-refractivity contribution is 14.1. The minimum absolute atomic E-state index is 0.146. The van der Waals surface area contributed by atoms with E-state index < -0.39 is 42.4 Å². The van der Waals surface area contributed by atoms with Crippen LogP contribution in [0.4, 0.5) is 0 Å². The lowest BCUT2D eigenvalue weighted by atomic mass is 10.1. The first-order valence-corrected chi connectivity index (χ1v) is 9.82. The maximum atomic E-state index is 11.7. The van der Waals surface area contributed by atoms with Crippen molar-refractivity contribution in [2.75, 3.05) is 6.61 Å². The molecule has 0 radical (unpaired) electrons. The number of ether oxygens (including phenoxy) is 4. The van der Waals surface area contributed by atoms with E-state index in [0.717, 1.165) is 0 Å². The topological polar surface area (TPSA) is 132 Å². The van der Waals surface area contributed by atoms with Gasteiger partial charge in [-0.15, -0.1) is 0 Å². The largest absolute Gasteiger partial charge is 0.463 e. The molecule has 0 saturated carbocycles. The third-order valence-electron chi connectivity index (χ3n) is 3.97. The van der Waals surface area contributed by atoms with Gasteiger partial charge < -0.3 is 18.9 Å². The summed E-state index contributed by atoms with van der Waals surface area (Å²) in [6, 6.07) is 0. The summed E-state index contributed by atoms with van der Waals surface area (Å²) in [6.45, 7) is 3.46. The Morgan fingerprint density at radius 3 is 2.41 bits per heavy atom. The highest BCUT2D eigenvalue weighted by Crippen LogP contribution is 2.36. The summed E-state index contributed by atoms with van der Waals surface area (Å²) < 4.78 is 23.6. The van der Waals surface area contributed by atoms with Gasteiger partial charge in [0, 0.05) is 43.4 Å². The van der Waals surface area contributed by atoms with Crippen molar-refractivity contribution in [2.45, 2.75) is 45.3 Å². The number of fused-ring (bicyclic) bond motifs is 1. The Morgan fingerprint density at radius 2 is 1.79 bits per heavy atom. The van der Waals surface area contributed by atoms with Gasteiger partial charge in [-0.1, -0.05) is 11.6 Å². The molecule has 0 spiro atoms. The number of halogens is 2. The molecule has 3 heterocycles. The summed E-state index contributed by atoms with van der Waals surface area (Å²) in [5, 5.41) is 0.146. The number of hydrogen-bond donors (Lipinski definition) is 0. The second kappa shape index (κ2) is 8.75. The van der Waals surface area contributed by atoms with Crippen molar-refractivity contribution in [1.29, 1.82) is 0 Å². The average molecular weight is 539 g/mol. The Morgan fingerprint density at radius 1 is 1.14 bits per heavy atom. The molecule has 0 bridgehead atoms. The highest BCUT2D eigenvalue weighted by atomic mass is 127. The Bertz CT molecular complexity index is 968. The van der Waals surface area contributed by atoms with E-state index in [0.29, 0.717) is 15.0 Å². The van der Waals surface area contributed by atoms with Gasteiger partial charge in [-0.3, -0.25) is 19.0 Å². The molecular weight excluding hydrogens is 523 g/mol. The number of imidazole rings is 1. The molecule has 4 atom stereocenters. The van der Waals surface area contributed by atoms with Crippen molar-refractivity contribution in [3.63, 3.8) is 0 Å². The van der Waals surface area contributed by atoms with Crippen LogP contribution in [-0.2, 0) is 33.3 Å². The first-order chi connectivity index (χ1) is 13.7. The molecule has 1 aliphatic heterocycles. The van der Waals surface area contributed by atoms with Crippen LogP contribution < -0.4 is 0 Å². The second-order valence-electron chi connectivity index (χ2n) is 6.12. The van der Waals surface area contributed by atoms with Gasteiger partial charge >= 0.3 is 17.9 Å². The van der Waals surface area contributed by atoms with Crippen LogP contribution in [0.2, 0.25) is 5.15 Å². The molecule has 0 aromatic carbocycles. The maximum Gasteiger partial charge on any atom is 0.303 e. The molecule has 0 aliphatic carbocycles. The molecule has 2 aromatic heterocycles. The molecule has 13 heteroatoms. The van der Waals surface area contributed by atoms with E-state index in [2.05, 4.69) is 15.0 Å². The smallest absolute Gasteiger partial charge is 0.303 e. The molecule has 156 valence electrons. The van der Waals surface area contributed by atoms with E-state index in [-0.39, 0.29) is 11.8 Å². The monoisotopic (exact) mass is 538 g/mol. The van der Waals surface area contributed by atoms with Crippen molar-refractivity contribution in [1.82, 2.24) is 19.5 Å². The number of hydrogen-bond acceptors (Lipinski definition) is 10. The zero-order chi connectivity index (χ0) is 21.3. The summed E-state index contributed by atoms with van der Waals surface area (Å²) >= 11 is 8.03. The minimum Gasteiger partial charge on any atom is -0.463 e. The number of nitrogens with zero attached hydrogens (tertiary/aromatic N) is 4. The predicted molar refractivity (Wildman–Crippen MR) is 105 cm³/mol. The van der Waals surface area contributed by atoms with Gasteiger partial charge in [-0.2, -0.15) is 0 Å². The predicted octanol–water partition coefficient (Wildman–Crippen LogP) is 1.41. The Kier molecular flexibility index (Phi) is 6.53. The van der Waals surface area contributed by atoms with Gasteiger partial charge in [0.25, 0.3) is 0 Å². The minimum atomic E-state index is -1.04. The zero-order valence-electron chi connectivity index (χ0n) is 15.5.